The number of benzene rings is 1. The Morgan fingerprint density at radius 2 is 2.35 bits per heavy atom. The molecule has 0 aromatic heterocycles. The molecule has 92 valence electrons. The highest BCUT2D eigenvalue weighted by atomic mass is 16.5. The van der Waals surface area contributed by atoms with E-state index in [9.17, 15) is 4.79 Å². The van der Waals surface area contributed by atoms with Crippen molar-refractivity contribution >= 4 is 11.6 Å². The van der Waals surface area contributed by atoms with Crippen LogP contribution in [0.4, 0.5) is 5.69 Å². The molecule has 1 aliphatic heterocycles. The molecule has 3 N–H and O–H groups in total. The summed E-state index contributed by atoms with van der Waals surface area (Å²) in [5.41, 5.74) is 7.36. The van der Waals surface area contributed by atoms with Gasteiger partial charge in [0.1, 0.15) is 5.75 Å². The van der Waals surface area contributed by atoms with Crippen LogP contribution in [0.2, 0.25) is 0 Å². The molecule has 0 bridgehead atoms. The first kappa shape index (κ1) is 11.9. The molecule has 0 aliphatic carbocycles. The second kappa shape index (κ2) is 5.16. The van der Waals surface area contributed by atoms with Gasteiger partial charge >= 0.3 is 0 Å². The average Bonchev–Trinajstić information content (AvgIpc) is 2.35. The van der Waals surface area contributed by atoms with Crippen LogP contribution in [0.5, 0.6) is 5.75 Å². The minimum Gasteiger partial charge on any atom is -0.482 e. The van der Waals surface area contributed by atoms with Crippen LogP contribution in [0.3, 0.4) is 0 Å². The van der Waals surface area contributed by atoms with Gasteiger partial charge < -0.3 is 20.7 Å². The van der Waals surface area contributed by atoms with Crippen molar-refractivity contribution in [3.63, 3.8) is 0 Å². The predicted molar refractivity (Wildman–Crippen MR) is 66.1 cm³/mol. The Hall–Kier alpha value is -1.59. The van der Waals surface area contributed by atoms with Crippen molar-refractivity contribution in [2.75, 3.05) is 31.8 Å². The van der Waals surface area contributed by atoms with E-state index in [2.05, 4.69) is 5.32 Å². The van der Waals surface area contributed by atoms with Crippen LogP contribution < -0.4 is 20.7 Å². The quantitative estimate of drug-likeness (QED) is 0.573. The summed E-state index contributed by atoms with van der Waals surface area (Å²) in [6, 6.07) is 5.92. The summed E-state index contributed by atoms with van der Waals surface area (Å²) < 4.78 is 5.36. The first-order valence-electron chi connectivity index (χ1n) is 5.65. The van der Waals surface area contributed by atoms with E-state index < -0.39 is 0 Å². The second-order valence-electron chi connectivity index (χ2n) is 4.00. The summed E-state index contributed by atoms with van der Waals surface area (Å²) >= 11 is 0. The number of rotatable bonds is 4. The monoisotopic (exact) mass is 235 g/mol. The molecule has 0 saturated heterocycles. The van der Waals surface area contributed by atoms with E-state index in [1.165, 1.54) is 0 Å². The summed E-state index contributed by atoms with van der Waals surface area (Å²) in [6.45, 7) is 1.43. The number of ether oxygens (including phenoxy) is 1. The van der Waals surface area contributed by atoms with Crippen molar-refractivity contribution in [3.8, 4) is 5.75 Å². The number of carbonyl (C=O) groups is 1. The maximum atomic E-state index is 11.5. The van der Waals surface area contributed by atoms with Gasteiger partial charge in [-0.05, 0) is 24.1 Å². The lowest BCUT2D eigenvalue weighted by Crippen LogP contribution is -2.35. The fraction of sp³-hybridized carbons (Fsp3) is 0.417. The molecular formula is C12H17N3O2. The topological polar surface area (TPSA) is 67.6 Å². The summed E-state index contributed by atoms with van der Waals surface area (Å²) in [7, 11) is 1.77. The van der Waals surface area contributed by atoms with Gasteiger partial charge in [-0.15, -0.1) is 0 Å². The summed E-state index contributed by atoms with van der Waals surface area (Å²) in [5.74, 6) is 0.748. The van der Waals surface area contributed by atoms with Gasteiger partial charge in [-0.1, -0.05) is 6.07 Å². The molecule has 1 aromatic carbocycles. The zero-order valence-corrected chi connectivity index (χ0v) is 9.90. The van der Waals surface area contributed by atoms with Crippen molar-refractivity contribution in [1.82, 2.24) is 5.32 Å². The van der Waals surface area contributed by atoms with Crippen molar-refractivity contribution in [2.45, 2.75) is 6.42 Å². The van der Waals surface area contributed by atoms with Gasteiger partial charge in [0.15, 0.2) is 6.61 Å². The fourth-order valence-corrected chi connectivity index (χ4v) is 1.81. The van der Waals surface area contributed by atoms with Crippen molar-refractivity contribution in [2.24, 2.45) is 5.73 Å². The van der Waals surface area contributed by atoms with E-state index in [1.807, 2.05) is 18.2 Å². The number of nitrogens with zero attached hydrogens (tertiary/aromatic N) is 1. The van der Waals surface area contributed by atoms with Crippen LogP contribution in [0.15, 0.2) is 18.2 Å². The molecule has 0 radical (unpaired) electrons. The van der Waals surface area contributed by atoms with Gasteiger partial charge in [-0.25, -0.2) is 0 Å². The van der Waals surface area contributed by atoms with Crippen LogP contribution in [0, 0.1) is 0 Å². The third kappa shape index (κ3) is 2.57. The number of likely N-dealkylation sites (N-methyl/N-ethyl adjacent to an activating group) is 1. The van der Waals surface area contributed by atoms with Crippen LogP contribution in [-0.2, 0) is 11.2 Å². The smallest absolute Gasteiger partial charge is 0.264 e. The van der Waals surface area contributed by atoms with E-state index >= 15 is 0 Å². The van der Waals surface area contributed by atoms with Crippen molar-refractivity contribution < 1.29 is 9.53 Å². The molecule has 1 heterocycles. The summed E-state index contributed by atoms with van der Waals surface area (Å²) in [6.07, 6.45) is 0.881. The maximum Gasteiger partial charge on any atom is 0.264 e. The lowest BCUT2D eigenvalue weighted by atomic mass is 10.1. The maximum absolute atomic E-state index is 11.5. The molecule has 0 unspecified atom stereocenters. The van der Waals surface area contributed by atoms with Gasteiger partial charge in [0.05, 0.1) is 5.69 Å². The number of hydrogen-bond acceptors (Lipinski definition) is 4. The number of fused-ring (bicyclic) bond motifs is 1. The SMILES string of the molecule is CN1C(=O)COc2ccc(CCNCN)cc21. The average molecular weight is 235 g/mol. The first-order valence-corrected chi connectivity index (χ1v) is 5.65. The normalized spacial score (nSPS) is 14.5. The standard InChI is InChI=1S/C12H17N3O2/c1-15-10-6-9(4-5-14-8-13)2-3-11(10)17-7-12(15)16/h2-3,6,14H,4-5,7-8,13H2,1H3. The van der Waals surface area contributed by atoms with Crippen LogP contribution in [-0.4, -0.2) is 32.8 Å². The van der Waals surface area contributed by atoms with E-state index in [1.54, 1.807) is 11.9 Å². The van der Waals surface area contributed by atoms with Crippen molar-refractivity contribution in [1.29, 1.82) is 0 Å². The molecule has 5 heteroatoms. The van der Waals surface area contributed by atoms with Crippen LogP contribution in [0.25, 0.3) is 0 Å². The van der Waals surface area contributed by atoms with Crippen LogP contribution in [0.1, 0.15) is 5.56 Å². The summed E-state index contributed by atoms with van der Waals surface area (Å²) in [5, 5.41) is 3.06. The number of hydrogen-bond donors (Lipinski definition) is 2. The zero-order valence-electron chi connectivity index (χ0n) is 9.90. The minimum absolute atomic E-state index is 0.0188. The highest BCUT2D eigenvalue weighted by molar-refractivity contribution is 5.97. The molecule has 1 aromatic rings. The second-order valence-corrected chi connectivity index (χ2v) is 4.00. The zero-order chi connectivity index (χ0) is 12.3. The van der Waals surface area contributed by atoms with E-state index in [4.69, 9.17) is 10.5 Å². The highest BCUT2D eigenvalue weighted by Gasteiger charge is 2.21. The van der Waals surface area contributed by atoms with Gasteiger partial charge in [0.25, 0.3) is 5.91 Å². The Bertz CT molecular complexity index is 420. The molecule has 5 nitrogen and oxygen atoms in total. The number of nitrogens with two attached hydrogens (primary N) is 1. The highest BCUT2D eigenvalue weighted by Crippen LogP contribution is 2.31. The molecule has 0 atom stereocenters. The minimum atomic E-state index is -0.0188. The Morgan fingerprint density at radius 1 is 1.53 bits per heavy atom. The third-order valence-electron chi connectivity index (χ3n) is 2.84. The number of amides is 1. The van der Waals surface area contributed by atoms with E-state index in [0.29, 0.717) is 6.67 Å². The van der Waals surface area contributed by atoms with Gasteiger partial charge in [0, 0.05) is 20.3 Å². The molecule has 0 saturated carbocycles. The molecule has 2 rings (SSSR count). The van der Waals surface area contributed by atoms with Gasteiger partial charge in [-0.3, -0.25) is 4.79 Å². The van der Waals surface area contributed by atoms with Crippen LogP contribution >= 0.6 is 0 Å². The summed E-state index contributed by atoms with van der Waals surface area (Å²) in [4.78, 5) is 13.1. The van der Waals surface area contributed by atoms with E-state index in [0.717, 1.165) is 30.0 Å². The molecule has 1 amide bonds. The number of nitrogens with one attached hydrogen (secondary N) is 1. The molecular weight excluding hydrogens is 218 g/mol. The Morgan fingerprint density at radius 3 is 3.12 bits per heavy atom. The predicted octanol–water partition coefficient (Wildman–Crippen LogP) is 0.0901. The Kier molecular flexibility index (Phi) is 3.61. The first-order chi connectivity index (χ1) is 8.22. The van der Waals surface area contributed by atoms with E-state index in [-0.39, 0.29) is 12.5 Å². The molecule has 0 spiro atoms. The molecule has 0 fully saturated rings. The Balaban J connectivity index is 2.14. The molecule has 17 heavy (non-hydrogen) atoms. The number of anilines is 1. The lowest BCUT2D eigenvalue weighted by Gasteiger charge is -2.26. The Labute approximate surface area is 101 Å². The largest absolute Gasteiger partial charge is 0.482 e. The van der Waals surface area contributed by atoms with Gasteiger partial charge in [-0.2, -0.15) is 0 Å². The fourth-order valence-electron chi connectivity index (χ4n) is 1.81. The lowest BCUT2D eigenvalue weighted by molar-refractivity contribution is -0.120. The molecule has 1 aliphatic rings. The third-order valence-corrected chi connectivity index (χ3v) is 2.84. The van der Waals surface area contributed by atoms with Gasteiger partial charge in [0.2, 0.25) is 0 Å². The number of carbonyl (C=O) groups excluding carboxylic acids is 1. The van der Waals surface area contributed by atoms with Crippen molar-refractivity contribution in [3.05, 3.63) is 23.8 Å².